The van der Waals surface area contributed by atoms with E-state index in [9.17, 15) is 9.90 Å². The van der Waals surface area contributed by atoms with Gasteiger partial charge in [-0.25, -0.2) is 10.7 Å². The third kappa shape index (κ3) is 2.09. The van der Waals surface area contributed by atoms with Gasteiger partial charge in [0.2, 0.25) is 0 Å². The van der Waals surface area contributed by atoms with Crippen LogP contribution in [0.5, 0.6) is 0 Å². The van der Waals surface area contributed by atoms with Crippen LogP contribution in [0.3, 0.4) is 0 Å². The second-order valence-corrected chi connectivity index (χ2v) is 3.88. The Morgan fingerprint density at radius 2 is 2.33 bits per heavy atom. The molecule has 2 heterocycles. The minimum atomic E-state index is -1.20. The van der Waals surface area contributed by atoms with Crippen molar-refractivity contribution in [2.45, 2.75) is 24.5 Å². The van der Waals surface area contributed by atoms with E-state index < -0.39 is 36.8 Å². The lowest BCUT2D eigenvalue weighted by Crippen LogP contribution is -2.39. The Labute approximate surface area is 102 Å². The van der Waals surface area contributed by atoms with Gasteiger partial charge in [0.25, 0.3) is 0 Å². The Morgan fingerprint density at radius 1 is 1.61 bits per heavy atom. The van der Waals surface area contributed by atoms with Crippen LogP contribution >= 0.6 is 0 Å². The van der Waals surface area contributed by atoms with Gasteiger partial charge in [0.15, 0.2) is 6.23 Å². The molecule has 9 nitrogen and oxygen atoms in total. The minimum absolute atomic E-state index is 0.0640. The summed E-state index contributed by atoms with van der Waals surface area (Å²) in [4.78, 5) is 19.7. The number of nitrogens with zero attached hydrogens (tertiary/aromatic N) is 2. The van der Waals surface area contributed by atoms with Gasteiger partial charge in [0.1, 0.15) is 24.1 Å². The van der Waals surface area contributed by atoms with E-state index in [1.165, 1.54) is 12.3 Å². The minimum Gasteiger partial charge on any atom is -0.394 e. The summed E-state index contributed by atoms with van der Waals surface area (Å²) in [5.41, 5.74) is 4.68. The normalized spacial score (nSPS) is 31.7. The maximum absolute atomic E-state index is 11.6. The van der Waals surface area contributed by atoms with E-state index in [-0.39, 0.29) is 5.82 Å². The second kappa shape index (κ2) is 5.00. The van der Waals surface area contributed by atoms with Crippen LogP contribution in [-0.4, -0.2) is 44.7 Å². The van der Waals surface area contributed by atoms with Gasteiger partial charge in [-0.3, -0.25) is 9.40 Å². The van der Waals surface area contributed by atoms with E-state index in [0.717, 1.165) is 4.57 Å². The monoisotopic (exact) mass is 258 g/mol. The van der Waals surface area contributed by atoms with Gasteiger partial charge in [0.05, 0.1) is 6.61 Å². The standard InChI is InChI=1S/C9H14N4O5/c10-5-1-2-13(9(16)12-5)8-6(15)7(18-11)4(3-14)17-8/h1-2,4,6-8,14-15H,3,11H2,(H2,10,12,16)/t4-,6?,7?,8-/m1/s1. The third-order valence-electron chi connectivity index (χ3n) is 2.77. The molecular weight excluding hydrogens is 244 g/mol. The van der Waals surface area contributed by atoms with Crippen LogP contribution in [0.2, 0.25) is 0 Å². The van der Waals surface area contributed by atoms with Crippen molar-refractivity contribution in [1.29, 1.82) is 0 Å². The lowest BCUT2D eigenvalue weighted by Gasteiger charge is -2.17. The fraction of sp³-hybridized carbons (Fsp3) is 0.556. The molecule has 0 radical (unpaired) electrons. The van der Waals surface area contributed by atoms with Crippen molar-refractivity contribution in [2.75, 3.05) is 12.3 Å². The summed E-state index contributed by atoms with van der Waals surface area (Å²) >= 11 is 0. The molecule has 0 aliphatic carbocycles. The zero-order valence-electron chi connectivity index (χ0n) is 9.34. The molecule has 2 rings (SSSR count). The molecule has 1 aromatic heterocycles. The zero-order valence-corrected chi connectivity index (χ0v) is 9.34. The van der Waals surface area contributed by atoms with Crippen molar-refractivity contribution in [3.63, 3.8) is 0 Å². The number of hydrogen-bond acceptors (Lipinski definition) is 8. The first-order chi connectivity index (χ1) is 8.58. The smallest absolute Gasteiger partial charge is 0.351 e. The van der Waals surface area contributed by atoms with Crippen molar-refractivity contribution in [3.05, 3.63) is 22.7 Å². The molecule has 1 aromatic rings. The van der Waals surface area contributed by atoms with E-state index >= 15 is 0 Å². The first-order valence-corrected chi connectivity index (χ1v) is 5.23. The van der Waals surface area contributed by atoms with E-state index in [1.54, 1.807) is 0 Å². The van der Waals surface area contributed by atoms with Crippen molar-refractivity contribution < 1.29 is 19.8 Å². The Bertz CT molecular complexity index is 478. The molecule has 1 saturated heterocycles. The predicted molar refractivity (Wildman–Crippen MR) is 59.0 cm³/mol. The summed E-state index contributed by atoms with van der Waals surface area (Å²) < 4.78 is 6.37. The van der Waals surface area contributed by atoms with Crippen molar-refractivity contribution in [2.24, 2.45) is 5.90 Å². The van der Waals surface area contributed by atoms with Crippen LogP contribution in [0.15, 0.2) is 17.1 Å². The SMILES string of the molecule is NOC1C(O)[C@H](n2ccc(N)nc2=O)O[C@@H]1CO. The zero-order chi connectivity index (χ0) is 13.3. The summed E-state index contributed by atoms with van der Waals surface area (Å²) in [5.74, 6) is 5.08. The van der Waals surface area contributed by atoms with Crippen LogP contribution in [0.1, 0.15) is 6.23 Å². The molecule has 18 heavy (non-hydrogen) atoms. The molecule has 1 fully saturated rings. The first kappa shape index (κ1) is 12.9. The van der Waals surface area contributed by atoms with Crippen LogP contribution < -0.4 is 17.3 Å². The molecular formula is C9H14N4O5. The van der Waals surface area contributed by atoms with E-state index in [2.05, 4.69) is 9.82 Å². The van der Waals surface area contributed by atoms with Crippen LogP contribution in [0.25, 0.3) is 0 Å². The van der Waals surface area contributed by atoms with Crippen molar-refractivity contribution >= 4 is 5.82 Å². The highest BCUT2D eigenvalue weighted by Crippen LogP contribution is 2.29. The van der Waals surface area contributed by atoms with Gasteiger partial charge in [-0.1, -0.05) is 0 Å². The maximum Gasteiger partial charge on any atom is 0.351 e. The molecule has 0 aromatic carbocycles. The van der Waals surface area contributed by atoms with Gasteiger partial charge >= 0.3 is 5.69 Å². The molecule has 0 saturated carbocycles. The second-order valence-electron chi connectivity index (χ2n) is 3.88. The summed E-state index contributed by atoms with van der Waals surface area (Å²) in [6.07, 6.45) is -2.64. The third-order valence-corrected chi connectivity index (χ3v) is 2.77. The number of aliphatic hydroxyl groups is 2. The summed E-state index contributed by atoms with van der Waals surface area (Å²) in [6, 6.07) is 1.39. The maximum atomic E-state index is 11.6. The average molecular weight is 258 g/mol. The van der Waals surface area contributed by atoms with E-state index in [0.29, 0.717) is 0 Å². The molecule has 1 aliphatic heterocycles. The number of nitrogen functional groups attached to an aromatic ring is 1. The molecule has 0 bridgehead atoms. The highest BCUT2D eigenvalue weighted by atomic mass is 16.7. The lowest BCUT2D eigenvalue weighted by atomic mass is 10.1. The molecule has 0 amide bonds. The predicted octanol–water partition coefficient (Wildman–Crippen LogP) is -2.66. The molecule has 9 heteroatoms. The molecule has 0 spiro atoms. The number of anilines is 1. The molecule has 100 valence electrons. The van der Waals surface area contributed by atoms with Crippen LogP contribution in [0.4, 0.5) is 5.82 Å². The quantitative estimate of drug-likeness (QED) is 0.429. The Hall–Kier alpha value is -1.52. The first-order valence-electron chi connectivity index (χ1n) is 5.23. The van der Waals surface area contributed by atoms with E-state index in [1.807, 2.05) is 0 Å². The largest absolute Gasteiger partial charge is 0.394 e. The highest BCUT2D eigenvalue weighted by molar-refractivity contribution is 5.23. The Balaban J connectivity index is 2.32. The molecule has 4 atom stereocenters. The fourth-order valence-corrected chi connectivity index (χ4v) is 1.88. The Kier molecular flexibility index (Phi) is 3.59. The summed E-state index contributed by atoms with van der Waals surface area (Å²) in [5, 5.41) is 19.0. The fourth-order valence-electron chi connectivity index (χ4n) is 1.88. The van der Waals surface area contributed by atoms with Crippen molar-refractivity contribution in [3.8, 4) is 0 Å². The topological polar surface area (TPSA) is 146 Å². The van der Waals surface area contributed by atoms with Gasteiger partial charge in [-0.2, -0.15) is 4.98 Å². The Morgan fingerprint density at radius 3 is 2.83 bits per heavy atom. The lowest BCUT2D eigenvalue weighted by molar-refractivity contribution is -0.0629. The number of nitrogens with two attached hydrogens (primary N) is 2. The van der Waals surface area contributed by atoms with Crippen molar-refractivity contribution in [1.82, 2.24) is 9.55 Å². The number of rotatable bonds is 3. The van der Waals surface area contributed by atoms with Gasteiger partial charge < -0.3 is 20.7 Å². The number of aliphatic hydroxyl groups excluding tert-OH is 2. The van der Waals surface area contributed by atoms with Crippen LogP contribution in [0, 0.1) is 0 Å². The van der Waals surface area contributed by atoms with Crippen LogP contribution in [-0.2, 0) is 9.57 Å². The number of aromatic nitrogens is 2. The number of ether oxygens (including phenoxy) is 1. The molecule has 6 N–H and O–H groups in total. The summed E-state index contributed by atoms with van der Waals surface area (Å²) in [6.45, 7) is -0.396. The molecule has 1 aliphatic rings. The molecule has 2 unspecified atom stereocenters. The van der Waals surface area contributed by atoms with Gasteiger partial charge in [-0.05, 0) is 6.07 Å². The average Bonchev–Trinajstić information content (AvgIpc) is 2.66. The van der Waals surface area contributed by atoms with Gasteiger partial charge in [0, 0.05) is 6.20 Å². The van der Waals surface area contributed by atoms with E-state index in [4.69, 9.17) is 21.5 Å². The van der Waals surface area contributed by atoms with Gasteiger partial charge in [-0.15, -0.1) is 0 Å². The highest BCUT2D eigenvalue weighted by Gasteiger charge is 2.45. The number of hydrogen-bond donors (Lipinski definition) is 4. The summed E-state index contributed by atoms with van der Waals surface area (Å²) in [7, 11) is 0.